The minimum atomic E-state index is -4.38. The Hall–Kier alpha value is -3.68. The molecule has 2 aliphatic heterocycles. The van der Waals surface area contributed by atoms with Gasteiger partial charge in [0.1, 0.15) is 6.54 Å². The Balaban J connectivity index is 1.33. The number of benzene rings is 2. The number of nitrogens with zero attached hydrogens (tertiary/aromatic N) is 3. The molecule has 224 valence electrons. The monoisotopic (exact) mass is 581 g/mol. The summed E-state index contributed by atoms with van der Waals surface area (Å²) in [6.45, 7) is 5.38. The highest BCUT2D eigenvalue weighted by molar-refractivity contribution is 5.95. The van der Waals surface area contributed by atoms with Crippen LogP contribution in [0.3, 0.4) is 0 Å². The standard InChI is InChI=1S/C32H38F3N5O2/c1-3-23-20-24(31(41)39-16-18-42-19-17-39)9-10-28(23)36-13-5-6-26-21-27-29(37-25-11-14-38(2)15-12-25)7-4-8-30(27)40(26)22-32(33,34)35/h4,7-10,20-21,25,36-37H,3,11-19,22H2,1-2H3. The molecule has 2 N–H and O–H groups in total. The average molecular weight is 582 g/mol. The van der Waals surface area contributed by atoms with E-state index in [9.17, 15) is 18.0 Å². The second-order valence-corrected chi connectivity index (χ2v) is 11.0. The van der Waals surface area contributed by atoms with Gasteiger partial charge in [-0.2, -0.15) is 13.2 Å². The third kappa shape index (κ3) is 7.20. The maximum atomic E-state index is 13.6. The van der Waals surface area contributed by atoms with Crippen LogP contribution < -0.4 is 10.6 Å². The van der Waals surface area contributed by atoms with Crippen LogP contribution in [0.2, 0.25) is 0 Å². The maximum absolute atomic E-state index is 13.6. The van der Waals surface area contributed by atoms with Gasteiger partial charge in [0.05, 0.1) is 31.0 Å². The number of fused-ring (bicyclic) bond motifs is 1. The molecule has 1 amide bonds. The number of hydrogen-bond donors (Lipinski definition) is 2. The van der Waals surface area contributed by atoms with E-state index in [1.54, 1.807) is 29.2 Å². The number of ether oxygens (including phenoxy) is 1. The zero-order valence-electron chi connectivity index (χ0n) is 24.2. The molecule has 2 aliphatic rings. The highest BCUT2D eigenvalue weighted by atomic mass is 19.4. The van der Waals surface area contributed by atoms with E-state index in [2.05, 4.69) is 34.4 Å². The molecule has 3 aromatic rings. The number of rotatable bonds is 7. The van der Waals surface area contributed by atoms with Crippen molar-refractivity contribution in [3.63, 3.8) is 0 Å². The molecular weight excluding hydrogens is 543 g/mol. The van der Waals surface area contributed by atoms with Gasteiger partial charge in [0.15, 0.2) is 0 Å². The lowest BCUT2D eigenvalue weighted by Crippen LogP contribution is -2.40. The fourth-order valence-electron chi connectivity index (χ4n) is 5.65. The third-order valence-corrected chi connectivity index (χ3v) is 7.98. The lowest BCUT2D eigenvalue weighted by molar-refractivity contribution is -0.140. The van der Waals surface area contributed by atoms with Gasteiger partial charge in [0.25, 0.3) is 5.91 Å². The Labute approximate surface area is 245 Å². The Kier molecular flexibility index (Phi) is 9.29. The van der Waals surface area contributed by atoms with Crippen LogP contribution in [-0.2, 0) is 17.7 Å². The topological polar surface area (TPSA) is 61.8 Å². The molecule has 0 spiro atoms. The number of aromatic nitrogens is 1. The molecule has 2 fully saturated rings. The number of carbonyl (C=O) groups is 1. The largest absolute Gasteiger partial charge is 0.406 e. The van der Waals surface area contributed by atoms with Crippen LogP contribution in [-0.4, -0.2) is 85.5 Å². The number of carbonyl (C=O) groups excluding carboxylic acids is 1. The predicted octanol–water partition coefficient (Wildman–Crippen LogP) is 5.21. The number of hydrogen-bond acceptors (Lipinski definition) is 5. The van der Waals surface area contributed by atoms with Crippen LogP contribution in [0.1, 0.15) is 41.4 Å². The van der Waals surface area contributed by atoms with Crippen LogP contribution >= 0.6 is 0 Å². The highest BCUT2D eigenvalue weighted by Crippen LogP contribution is 2.31. The summed E-state index contributed by atoms with van der Waals surface area (Å²) in [6, 6.07) is 13.0. The first kappa shape index (κ1) is 29.8. The van der Waals surface area contributed by atoms with Crippen molar-refractivity contribution < 1.29 is 22.7 Å². The van der Waals surface area contributed by atoms with Crippen LogP contribution in [0.25, 0.3) is 10.9 Å². The normalized spacial score (nSPS) is 16.7. The summed E-state index contributed by atoms with van der Waals surface area (Å²) in [5.74, 6) is 5.99. The third-order valence-electron chi connectivity index (χ3n) is 7.98. The van der Waals surface area contributed by atoms with Crippen molar-refractivity contribution in [3.8, 4) is 11.8 Å². The van der Waals surface area contributed by atoms with Crippen LogP contribution in [0.15, 0.2) is 42.5 Å². The number of likely N-dealkylation sites (tertiary alicyclic amines) is 1. The fourth-order valence-corrected chi connectivity index (χ4v) is 5.65. The molecule has 2 saturated heterocycles. The summed E-state index contributed by atoms with van der Waals surface area (Å²) in [5, 5.41) is 7.59. The molecule has 10 heteroatoms. The number of amides is 1. The Morgan fingerprint density at radius 1 is 1.05 bits per heavy atom. The lowest BCUT2D eigenvalue weighted by Gasteiger charge is -2.30. The zero-order chi connectivity index (χ0) is 29.7. The summed E-state index contributed by atoms with van der Waals surface area (Å²) in [6.07, 6.45) is -1.70. The Morgan fingerprint density at radius 2 is 1.81 bits per heavy atom. The van der Waals surface area contributed by atoms with E-state index in [1.165, 1.54) is 4.57 Å². The van der Waals surface area contributed by atoms with Gasteiger partial charge in [-0.1, -0.05) is 18.9 Å². The highest BCUT2D eigenvalue weighted by Gasteiger charge is 2.30. The summed E-state index contributed by atoms with van der Waals surface area (Å²) in [7, 11) is 2.10. The fraction of sp³-hybridized carbons (Fsp3) is 0.469. The van der Waals surface area contributed by atoms with Crippen LogP contribution in [0, 0.1) is 11.8 Å². The van der Waals surface area contributed by atoms with E-state index in [0.717, 1.165) is 48.3 Å². The Bertz CT molecular complexity index is 1460. The number of halogens is 3. The molecule has 0 saturated carbocycles. The second-order valence-electron chi connectivity index (χ2n) is 11.0. The number of alkyl halides is 3. The van der Waals surface area contributed by atoms with Crippen molar-refractivity contribution in [2.75, 3.05) is 63.6 Å². The first-order chi connectivity index (χ1) is 20.2. The van der Waals surface area contributed by atoms with Crippen molar-refractivity contribution in [3.05, 3.63) is 59.3 Å². The summed E-state index contributed by atoms with van der Waals surface area (Å²) in [4.78, 5) is 17.0. The molecule has 5 rings (SSSR count). The number of morpholine rings is 1. The van der Waals surface area contributed by atoms with Crippen molar-refractivity contribution >= 4 is 28.2 Å². The molecule has 7 nitrogen and oxygen atoms in total. The molecule has 2 aromatic carbocycles. The van der Waals surface area contributed by atoms with E-state index >= 15 is 0 Å². The summed E-state index contributed by atoms with van der Waals surface area (Å²) in [5.41, 5.74) is 4.13. The van der Waals surface area contributed by atoms with Gasteiger partial charge < -0.3 is 29.7 Å². The molecule has 1 aromatic heterocycles. The molecule has 0 unspecified atom stereocenters. The van der Waals surface area contributed by atoms with Crippen molar-refractivity contribution in [2.45, 2.75) is 44.9 Å². The zero-order valence-corrected chi connectivity index (χ0v) is 24.2. The van der Waals surface area contributed by atoms with Crippen molar-refractivity contribution in [2.24, 2.45) is 0 Å². The van der Waals surface area contributed by atoms with E-state index in [-0.39, 0.29) is 18.5 Å². The maximum Gasteiger partial charge on any atom is 0.406 e. The summed E-state index contributed by atoms with van der Waals surface area (Å²) >= 11 is 0. The molecule has 3 heterocycles. The van der Waals surface area contributed by atoms with Crippen LogP contribution in [0.5, 0.6) is 0 Å². The quantitative estimate of drug-likeness (QED) is 0.376. The van der Waals surface area contributed by atoms with Crippen molar-refractivity contribution in [1.29, 1.82) is 0 Å². The molecule has 0 aliphatic carbocycles. The lowest BCUT2D eigenvalue weighted by atomic mass is 10.0. The van der Waals surface area contributed by atoms with Gasteiger partial charge in [-0.25, -0.2) is 0 Å². The molecule has 0 bridgehead atoms. The summed E-state index contributed by atoms with van der Waals surface area (Å²) < 4.78 is 47.4. The van der Waals surface area contributed by atoms with E-state index in [1.807, 2.05) is 25.1 Å². The van der Waals surface area contributed by atoms with Gasteiger partial charge in [-0.3, -0.25) is 4.79 Å². The molecule has 0 atom stereocenters. The molecule has 0 radical (unpaired) electrons. The SMILES string of the molecule is CCc1cc(C(=O)N2CCOCC2)ccc1NCC#Cc1cc2c(NC3CCN(C)CC3)cccc2n1CC(F)(F)F. The number of piperidine rings is 1. The van der Waals surface area contributed by atoms with Gasteiger partial charge in [0.2, 0.25) is 0 Å². The van der Waals surface area contributed by atoms with Gasteiger partial charge in [-0.15, -0.1) is 0 Å². The average Bonchev–Trinajstić information content (AvgIpc) is 3.33. The van der Waals surface area contributed by atoms with E-state index < -0.39 is 12.7 Å². The predicted molar refractivity (Wildman–Crippen MR) is 160 cm³/mol. The first-order valence-electron chi connectivity index (χ1n) is 14.6. The number of aryl methyl sites for hydroxylation is 1. The minimum absolute atomic E-state index is 0.0125. The second kappa shape index (κ2) is 13.1. The van der Waals surface area contributed by atoms with E-state index in [0.29, 0.717) is 49.5 Å². The van der Waals surface area contributed by atoms with Gasteiger partial charge in [-0.05, 0) is 87.3 Å². The van der Waals surface area contributed by atoms with Crippen molar-refractivity contribution in [1.82, 2.24) is 14.4 Å². The van der Waals surface area contributed by atoms with Crippen LogP contribution in [0.4, 0.5) is 24.5 Å². The molecular formula is C32H38F3N5O2. The smallest absolute Gasteiger partial charge is 0.382 e. The number of nitrogens with one attached hydrogen (secondary N) is 2. The Morgan fingerprint density at radius 3 is 2.52 bits per heavy atom. The van der Waals surface area contributed by atoms with Gasteiger partial charge >= 0.3 is 6.18 Å². The number of anilines is 2. The first-order valence-corrected chi connectivity index (χ1v) is 14.6. The minimum Gasteiger partial charge on any atom is -0.382 e. The molecule has 42 heavy (non-hydrogen) atoms. The van der Waals surface area contributed by atoms with Gasteiger partial charge in [0, 0.05) is 41.5 Å². The van der Waals surface area contributed by atoms with E-state index in [4.69, 9.17) is 4.74 Å².